The van der Waals surface area contributed by atoms with E-state index in [0.29, 0.717) is 11.1 Å². The quantitative estimate of drug-likeness (QED) is 0.920. The number of rotatable bonds is 2. The summed E-state index contributed by atoms with van der Waals surface area (Å²) in [6.07, 6.45) is -4.81. The molecule has 0 unspecified atom stereocenters. The molecule has 0 spiro atoms. The van der Waals surface area contributed by atoms with Crippen LogP contribution in [0.5, 0.6) is 11.5 Å². The Morgan fingerprint density at radius 2 is 1.83 bits per heavy atom. The summed E-state index contributed by atoms with van der Waals surface area (Å²) in [5, 5.41) is 1.93. The van der Waals surface area contributed by atoms with Crippen molar-refractivity contribution in [1.29, 1.82) is 0 Å². The third-order valence-electron chi connectivity index (χ3n) is 3.03. The number of alkyl halides is 3. The van der Waals surface area contributed by atoms with Gasteiger partial charge in [-0.25, -0.2) is 0 Å². The fourth-order valence-corrected chi connectivity index (χ4v) is 2.06. The van der Waals surface area contributed by atoms with Gasteiger partial charge in [-0.15, -0.1) is 13.2 Å². The lowest BCUT2D eigenvalue weighted by molar-refractivity contribution is -0.274. The van der Waals surface area contributed by atoms with Crippen molar-refractivity contribution < 1.29 is 32.9 Å². The van der Waals surface area contributed by atoms with E-state index < -0.39 is 31.1 Å². The van der Waals surface area contributed by atoms with Gasteiger partial charge >= 0.3 is 6.36 Å². The monoisotopic (exact) mass is 327 g/mol. The summed E-state index contributed by atoms with van der Waals surface area (Å²) in [7, 11) is 0. The second-order valence-electron chi connectivity index (χ2n) is 4.57. The normalized spacial score (nSPS) is 21.3. The summed E-state index contributed by atoms with van der Waals surface area (Å²) < 4.78 is 76.0. The van der Waals surface area contributed by atoms with E-state index in [-0.39, 0.29) is 11.3 Å². The van der Waals surface area contributed by atoms with Crippen LogP contribution in [0.3, 0.4) is 0 Å². The van der Waals surface area contributed by atoms with Crippen molar-refractivity contribution in [3.8, 4) is 22.6 Å². The highest BCUT2D eigenvalue weighted by Crippen LogP contribution is 2.30. The summed E-state index contributed by atoms with van der Waals surface area (Å²) in [6.45, 7) is -5.56. The first-order valence-corrected chi connectivity index (χ1v) is 6.40. The molecule has 120 valence electrons. The molecule has 2 aromatic rings. The molecule has 1 N–H and O–H groups in total. The zero-order chi connectivity index (χ0) is 20.0. The first-order valence-electron chi connectivity index (χ1n) is 8.40. The lowest BCUT2D eigenvalue weighted by atomic mass is 10.0. The number of fused-ring (bicyclic) bond motifs is 1. The molecule has 3 rings (SSSR count). The van der Waals surface area contributed by atoms with Crippen LogP contribution in [0.1, 0.15) is 15.8 Å². The van der Waals surface area contributed by atoms with E-state index in [1.807, 2.05) is 5.32 Å². The number of nitrogens with one attached hydrogen (secondary N) is 1. The van der Waals surface area contributed by atoms with Gasteiger partial charge in [-0.1, -0.05) is 18.2 Å². The van der Waals surface area contributed by atoms with Crippen molar-refractivity contribution in [2.45, 2.75) is 6.36 Å². The molecule has 4 nitrogen and oxygen atoms in total. The zero-order valence-corrected chi connectivity index (χ0v) is 11.4. The van der Waals surface area contributed by atoms with Crippen LogP contribution in [0.25, 0.3) is 11.1 Å². The molecule has 1 amide bonds. The molecule has 1 aliphatic rings. The molecule has 0 saturated heterocycles. The summed E-state index contributed by atoms with van der Waals surface area (Å²) >= 11 is 0. The number of amides is 1. The molecule has 1 aliphatic heterocycles. The minimum atomic E-state index is -4.81. The van der Waals surface area contributed by atoms with E-state index in [4.69, 9.17) is 10.2 Å². The summed E-state index contributed by atoms with van der Waals surface area (Å²) in [5.41, 5.74) is 0.804. The number of benzene rings is 2. The Morgan fingerprint density at radius 3 is 2.52 bits per heavy atom. The van der Waals surface area contributed by atoms with E-state index in [2.05, 4.69) is 4.74 Å². The van der Waals surface area contributed by atoms with Gasteiger partial charge in [0.2, 0.25) is 0 Å². The zero-order valence-electron chi connectivity index (χ0n) is 15.4. The van der Waals surface area contributed by atoms with Crippen molar-refractivity contribution in [3.05, 3.63) is 48.0 Å². The molecular formula is C16H12F3NO3. The van der Waals surface area contributed by atoms with Crippen LogP contribution in [0.4, 0.5) is 13.2 Å². The van der Waals surface area contributed by atoms with Crippen LogP contribution in [0, 0.1) is 0 Å². The van der Waals surface area contributed by atoms with E-state index in [1.165, 1.54) is 30.3 Å². The molecule has 7 heteroatoms. The van der Waals surface area contributed by atoms with Gasteiger partial charge in [0.15, 0.2) is 0 Å². The van der Waals surface area contributed by atoms with Gasteiger partial charge in [0, 0.05) is 0 Å². The average Bonchev–Trinajstić information content (AvgIpc) is 2.59. The lowest BCUT2D eigenvalue weighted by Crippen LogP contribution is -2.24. The maximum atomic E-state index is 12.3. The van der Waals surface area contributed by atoms with Crippen molar-refractivity contribution in [3.63, 3.8) is 0 Å². The molecule has 0 saturated carbocycles. The lowest BCUT2D eigenvalue weighted by Gasteiger charge is -2.10. The first-order chi connectivity index (χ1) is 12.4. The van der Waals surface area contributed by atoms with E-state index in [9.17, 15) is 18.0 Å². The topological polar surface area (TPSA) is 47.6 Å². The number of hydrogen-bond donors (Lipinski definition) is 1. The standard InChI is InChI=1S/C16H12F3NO3/c17-16(18,19)23-12-4-1-10(2-5-12)11-3-6-14-13(9-11)15(21)20-7-8-22-14/h1-6,9H,7-8H2,(H,20,21)/i7D2,8D2. The van der Waals surface area contributed by atoms with Crippen LogP contribution in [0.15, 0.2) is 42.5 Å². The molecule has 0 aromatic heterocycles. The summed E-state index contributed by atoms with van der Waals surface area (Å²) in [6, 6.07) is 9.05. The van der Waals surface area contributed by atoms with Gasteiger partial charge < -0.3 is 14.8 Å². The van der Waals surface area contributed by atoms with Crippen molar-refractivity contribution >= 4 is 5.91 Å². The van der Waals surface area contributed by atoms with Crippen LogP contribution in [-0.2, 0) is 0 Å². The minimum Gasteiger partial charge on any atom is -0.491 e. The molecule has 0 aliphatic carbocycles. The molecule has 0 bridgehead atoms. The Balaban J connectivity index is 1.94. The minimum absolute atomic E-state index is 0.103. The summed E-state index contributed by atoms with van der Waals surface area (Å²) in [5.74, 6) is -1.43. The highest BCUT2D eigenvalue weighted by atomic mass is 19.4. The number of hydrogen-bond acceptors (Lipinski definition) is 3. The number of ether oxygens (including phenoxy) is 2. The second-order valence-corrected chi connectivity index (χ2v) is 4.57. The number of carbonyl (C=O) groups excluding carboxylic acids is 1. The molecule has 1 heterocycles. The Labute approximate surface area is 135 Å². The van der Waals surface area contributed by atoms with Crippen molar-refractivity contribution in [2.24, 2.45) is 0 Å². The van der Waals surface area contributed by atoms with Crippen LogP contribution in [0.2, 0.25) is 0 Å². The van der Waals surface area contributed by atoms with Gasteiger partial charge in [-0.2, -0.15) is 0 Å². The first kappa shape index (κ1) is 10.9. The third-order valence-corrected chi connectivity index (χ3v) is 3.03. The Bertz CT molecular complexity index is 885. The maximum absolute atomic E-state index is 12.3. The Kier molecular flexibility index (Phi) is 2.77. The number of halogens is 3. The molecule has 0 fully saturated rings. The van der Waals surface area contributed by atoms with Crippen LogP contribution < -0.4 is 14.8 Å². The maximum Gasteiger partial charge on any atom is 0.573 e. The third kappa shape index (κ3) is 3.56. The average molecular weight is 327 g/mol. The Morgan fingerprint density at radius 1 is 1.13 bits per heavy atom. The van der Waals surface area contributed by atoms with E-state index in [1.54, 1.807) is 0 Å². The highest BCUT2D eigenvalue weighted by Gasteiger charge is 2.31. The SMILES string of the molecule is [2H]C1([2H])NC(=O)c2cc(-c3ccc(OC(F)(F)F)cc3)ccc2OC1([2H])[2H]. The highest BCUT2D eigenvalue weighted by molar-refractivity contribution is 5.98. The van der Waals surface area contributed by atoms with Crippen molar-refractivity contribution in [1.82, 2.24) is 5.32 Å². The smallest absolute Gasteiger partial charge is 0.491 e. The Hall–Kier alpha value is -2.70. The fraction of sp³-hybridized carbons (Fsp3) is 0.188. The largest absolute Gasteiger partial charge is 0.573 e. The molecule has 2 aromatic carbocycles. The van der Waals surface area contributed by atoms with Crippen LogP contribution >= 0.6 is 0 Å². The van der Waals surface area contributed by atoms with Gasteiger partial charge in [-0.05, 0) is 35.4 Å². The number of carbonyl (C=O) groups is 1. The summed E-state index contributed by atoms with van der Waals surface area (Å²) in [4.78, 5) is 12.3. The predicted molar refractivity (Wildman–Crippen MR) is 76.4 cm³/mol. The molecule has 23 heavy (non-hydrogen) atoms. The van der Waals surface area contributed by atoms with Gasteiger partial charge in [0.1, 0.15) is 18.1 Å². The molecular weight excluding hydrogens is 311 g/mol. The fourth-order valence-electron chi connectivity index (χ4n) is 2.06. The van der Waals surface area contributed by atoms with Gasteiger partial charge in [0.25, 0.3) is 5.91 Å². The second kappa shape index (κ2) is 5.83. The molecule has 0 atom stereocenters. The van der Waals surface area contributed by atoms with Gasteiger partial charge in [-0.3, -0.25) is 4.79 Å². The van der Waals surface area contributed by atoms with E-state index in [0.717, 1.165) is 12.1 Å². The predicted octanol–water partition coefficient (Wildman–Crippen LogP) is 3.37. The van der Waals surface area contributed by atoms with E-state index >= 15 is 0 Å². The molecule has 0 radical (unpaired) electrons. The van der Waals surface area contributed by atoms with Crippen molar-refractivity contribution in [2.75, 3.05) is 13.1 Å². The van der Waals surface area contributed by atoms with Crippen LogP contribution in [-0.4, -0.2) is 25.3 Å². The van der Waals surface area contributed by atoms with Gasteiger partial charge in [0.05, 0.1) is 17.5 Å².